The molecule has 20 heavy (non-hydrogen) atoms. The van der Waals surface area contributed by atoms with Crippen LogP contribution in [0.2, 0.25) is 0 Å². The van der Waals surface area contributed by atoms with Crippen molar-refractivity contribution in [1.82, 2.24) is 16.2 Å². The first-order valence-corrected chi connectivity index (χ1v) is 6.88. The number of amides is 1. The molecule has 0 spiro atoms. The van der Waals surface area contributed by atoms with Crippen LogP contribution in [0.5, 0.6) is 5.75 Å². The van der Waals surface area contributed by atoms with Gasteiger partial charge in [-0.25, -0.2) is 0 Å². The summed E-state index contributed by atoms with van der Waals surface area (Å²) in [6.45, 7) is 5.96. The van der Waals surface area contributed by atoms with Gasteiger partial charge in [0, 0.05) is 12.0 Å². The van der Waals surface area contributed by atoms with E-state index in [4.69, 9.17) is 17.0 Å². The third-order valence-electron chi connectivity index (χ3n) is 2.73. The molecule has 0 aliphatic carbocycles. The van der Waals surface area contributed by atoms with E-state index < -0.39 is 6.10 Å². The summed E-state index contributed by atoms with van der Waals surface area (Å²) in [6.07, 6.45) is 0.0562. The number of hydrogen-bond acceptors (Lipinski definition) is 3. The number of thiocarbonyl (C=S) groups is 1. The van der Waals surface area contributed by atoms with Gasteiger partial charge in [-0.1, -0.05) is 18.2 Å². The second kappa shape index (κ2) is 5.66. The number of carbonyl (C=O) groups is 1. The zero-order chi connectivity index (χ0) is 14.8. The third kappa shape index (κ3) is 3.84. The number of fused-ring (bicyclic) bond motifs is 1. The molecule has 0 saturated carbocycles. The molecule has 1 aliphatic rings. The number of hydrazine groups is 1. The Balaban J connectivity index is 1.81. The normalized spacial score (nSPS) is 16.9. The average molecular weight is 293 g/mol. The summed E-state index contributed by atoms with van der Waals surface area (Å²) in [5, 5.41) is 3.42. The highest BCUT2D eigenvalue weighted by atomic mass is 32.1. The van der Waals surface area contributed by atoms with E-state index in [0.29, 0.717) is 11.5 Å². The maximum atomic E-state index is 12.0. The lowest BCUT2D eigenvalue weighted by Gasteiger charge is -2.23. The van der Waals surface area contributed by atoms with E-state index in [1.807, 2.05) is 45.0 Å². The molecule has 108 valence electrons. The molecule has 1 aromatic carbocycles. The van der Waals surface area contributed by atoms with Crippen molar-refractivity contribution in [2.75, 3.05) is 0 Å². The Hall–Kier alpha value is -1.82. The fraction of sp³-hybridized carbons (Fsp3) is 0.429. The number of ether oxygens (including phenoxy) is 1. The number of rotatable bonds is 1. The van der Waals surface area contributed by atoms with Crippen molar-refractivity contribution in [3.05, 3.63) is 29.8 Å². The van der Waals surface area contributed by atoms with Gasteiger partial charge in [-0.15, -0.1) is 0 Å². The summed E-state index contributed by atoms with van der Waals surface area (Å²) in [7, 11) is 0. The van der Waals surface area contributed by atoms with Gasteiger partial charge in [0.2, 0.25) is 0 Å². The molecular formula is C14H19N3O2S. The molecule has 0 radical (unpaired) electrons. The van der Waals surface area contributed by atoms with Crippen LogP contribution in [0.4, 0.5) is 0 Å². The Morgan fingerprint density at radius 2 is 2.00 bits per heavy atom. The lowest BCUT2D eigenvalue weighted by Crippen LogP contribution is -2.54. The standard InChI is InChI=1S/C14H19N3O2S/c1-14(2,3)15-13(20)17-16-12(18)11-8-9-6-4-5-7-10(9)19-11/h4-7,11H,8H2,1-3H3,(H,16,18)(H2,15,17,20)/t11-/m0/s1. The van der Waals surface area contributed by atoms with Crippen molar-refractivity contribution in [2.24, 2.45) is 0 Å². The van der Waals surface area contributed by atoms with Crippen molar-refractivity contribution in [2.45, 2.75) is 38.8 Å². The first-order valence-electron chi connectivity index (χ1n) is 6.48. The molecule has 1 aliphatic heterocycles. The second-order valence-corrected chi connectivity index (χ2v) is 6.14. The SMILES string of the molecule is CC(C)(C)NC(=S)NNC(=O)[C@@H]1Cc2ccccc2O1. The van der Waals surface area contributed by atoms with Gasteiger partial charge in [-0.05, 0) is 44.6 Å². The lowest BCUT2D eigenvalue weighted by atomic mass is 10.1. The first kappa shape index (κ1) is 14.6. The van der Waals surface area contributed by atoms with E-state index in [0.717, 1.165) is 11.3 Å². The van der Waals surface area contributed by atoms with Gasteiger partial charge in [0.25, 0.3) is 5.91 Å². The number of hydrogen-bond donors (Lipinski definition) is 3. The van der Waals surface area contributed by atoms with Gasteiger partial charge in [0.05, 0.1) is 0 Å². The first-order chi connectivity index (χ1) is 9.35. The molecule has 0 unspecified atom stereocenters. The molecule has 1 aromatic rings. The predicted molar refractivity (Wildman–Crippen MR) is 81.3 cm³/mol. The summed E-state index contributed by atoms with van der Waals surface area (Å²) < 4.78 is 5.59. The molecule has 0 aromatic heterocycles. The van der Waals surface area contributed by atoms with Crippen molar-refractivity contribution in [1.29, 1.82) is 0 Å². The van der Waals surface area contributed by atoms with E-state index in [1.54, 1.807) is 0 Å². The monoisotopic (exact) mass is 293 g/mol. The average Bonchev–Trinajstić information content (AvgIpc) is 2.77. The quantitative estimate of drug-likeness (QED) is 0.538. The third-order valence-corrected chi connectivity index (χ3v) is 2.93. The van der Waals surface area contributed by atoms with Gasteiger partial charge < -0.3 is 10.1 Å². The Kier molecular flexibility index (Phi) is 4.13. The molecule has 6 heteroatoms. The van der Waals surface area contributed by atoms with Gasteiger partial charge in [-0.3, -0.25) is 15.6 Å². The number of para-hydroxylation sites is 1. The van der Waals surface area contributed by atoms with Gasteiger partial charge >= 0.3 is 0 Å². The number of carbonyl (C=O) groups excluding carboxylic acids is 1. The Labute approximate surface area is 124 Å². The van der Waals surface area contributed by atoms with E-state index >= 15 is 0 Å². The van der Waals surface area contributed by atoms with Crippen LogP contribution in [0, 0.1) is 0 Å². The molecule has 3 N–H and O–H groups in total. The lowest BCUT2D eigenvalue weighted by molar-refractivity contribution is -0.127. The van der Waals surface area contributed by atoms with Crippen LogP contribution in [0.3, 0.4) is 0 Å². The highest BCUT2D eigenvalue weighted by Crippen LogP contribution is 2.27. The van der Waals surface area contributed by atoms with Crippen LogP contribution in [0.15, 0.2) is 24.3 Å². The molecule has 1 heterocycles. The molecule has 5 nitrogen and oxygen atoms in total. The van der Waals surface area contributed by atoms with Crippen molar-refractivity contribution in [3.63, 3.8) is 0 Å². The largest absolute Gasteiger partial charge is 0.480 e. The van der Waals surface area contributed by atoms with Crippen molar-refractivity contribution < 1.29 is 9.53 Å². The van der Waals surface area contributed by atoms with Crippen molar-refractivity contribution >= 4 is 23.2 Å². The van der Waals surface area contributed by atoms with Crippen LogP contribution in [0.25, 0.3) is 0 Å². The van der Waals surface area contributed by atoms with Gasteiger partial charge in [0.1, 0.15) is 5.75 Å². The molecular weight excluding hydrogens is 274 g/mol. The van der Waals surface area contributed by atoms with Gasteiger partial charge in [-0.2, -0.15) is 0 Å². The van der Waals surface area contributed by atoms with Crippen LogP contribution >= 0.6 is 12.2 Å². The van der Waals surface area contributed by atoms with E-state index in [-0.39, 0.29) is 11.4 Å². The fourth-order valence-corrected chi connectivity index (χ4v) is 2.26. The van der Waals surface area contributed by atoms with E-state index in [1.165, 1.54) is 0 Å². The summed E-state index contributed by atoms with van der Waals surface area (Å²) in [5.74, 6) is 0.530. The Morgan fingerprint density at radius 1 is 1.30 bits per heavy atom. The Morgan fingerprint density at radius 3 is 2.65 bits per heavy atom. The maximum absolute atomic E-state index is 12.0. The highest BCUT2D eigenvalue weighted by molar-refractivity contribution is 7.80. The summed E-state index contributed by atoms with van der Waals surface area (Å²) >= 11 is 5.09. The summed E-state index contributed by atoms with van der Waals surface area (Å²) in [5.41, 5.74) is 6.13. The molecule has 2 rings (SSSR count). The van der Waals surface area contributed by atoms with Crippen molar-refractivity contribution in [3.8, 4) is 5.75 Å². The fourth-order valence-electron chi connectivity index (χ4n) is 1.90. The zero-order valence-electron chi connectivity index (χ0n) is 11.8. The second-order valence-electron chi connectivity index (χ2n) is 5.74. The Bertz CT molecular complexity index is 500. The molecule has 1 amide bonds. The molecule has 0 fully saturated rings. The van der Waals surface area contributed by atoms with Crippen LogP contribution < -0.4 is 20.9 Å². The van der Waals surface area contributed by atoms with Gasteiger partial charge in [0.15, 0.2) is 11.2 Å². The molecule has 1 atom stereocenters. The molecule has 0 bridgehead atoms. The molecule has 0 saturated heterocycles. The number of nitrogens with one attached hydrogen (secondary N) is 3. The topological polar surface area (TPSA) is 62.4 Å². The summed E-state index contributed by atoms with van der Waals surface area (Å²) in [6, 6.07) is 7.65. The van der Waals surface area contributed by atoms with Crippen LogP contribution in [-0.4, -0.2) is 22.7 Å². The highest BCUT2D eigenvalue weighted by Gasteiger charge is 2.28. The minimum absolute atomic E-state index is 0.158. The predicted octanol–water partition coefficient (Wildman–Crippen LogP) is 1.28. The van der Waals surface area contributed by atoms with Crippen LogP contribution in [0.1, 0.15) is 26.3 Å². The summed E-state index contributed by atoms with van der Waals surface area (Å²) in [4.78, 5) is 12.0. The van der Waals surface area contributed by atoms with E-state index in [2.05, 4.69) is 16.2 Å². The maximum Gasteiger partial charge on any atom is 0.279 e. The smallest absolute Gasteiger partial charge is 0.279 e. The minimum atomic E-state index is -0.516. The van der Waals surface area contributed by atoms with E-state index in [9.17, 15) is 4.79 Å². The van der Waals surface area contributed by atoms with Crippen LogP contribution in [-0.2, 0) is 11.2 Å². The zero-order valence-corrected chi connectivity index (χ0v) is 12.6. The number of benzene rings is 1. The minimum Gasteiger partial charge on any atom is -0.480 e.